The minimum Gasteiger partial charge on any atom is -0.369 e. The zero-order valence-corrected chi connectivity index (χ0v) is 16.9. The van der Waals surface area contributed by atoms with Crippen LogP contribution in [-0.4, -0.2) is 52.9 Å². The fraction of sp³-hybridized carbons (Fsp3) is 0.476. The summed E-state index contributed by atoms with van der Waals surface area (Å²) in [6.07, 6.45) is 8.41. The zero-order chi connectivity index (χ0) is 20.9. The molecule has 2 aliphatic heterocycles. The molecule has 0 aliphatic carbocycles. The summed E-state index contributed by atoms with van der Waals surface area (Å²) in [5, 5.41) is 2.98. The van der Waals surface area contributed by atoms with Crippen molar-refractivity contribution in [2.45, 2.75) is 25.7 Å². The Hall–Kier alpha value is -3.23. The van der Waals surface area contributed by atoms with Crippen molar-refractivity contribution in [1.29, 1.82) is 0 Å². The lowest BCUT2D eigenvalue weighted by atomic mass is 9.96. The van der Waals surface area contributed by atoms with Gasteiger partial charge in [-0.25, -0.2) is 15.0 Å². The van der Waals surface area contributed by atoms with Gasteiger partial charge >= 0.3 is 0 Å². The van der Waals surface area contributed by atoms with E-state index in [0.717, 1.165) is 51.1 Å². The number of aromatic nitrogens is 3. The third-order valence-corrected chi connectivity index (χ3v) is 5.86. The lowest BCUT2D eigenvalue weighted by molar-refractivity contribution is -0.122. The van der Waals surface area contributed by atoms with Crippen LogP contribution in [0.2, 0.25) is 0 Å². The second-order valence-electron chi connectivity index (χ2n) is 7.89. The number of piperidine rings is 2. The Morgan fingerprint density at radius 3 is 2.40 bits per heavy atom. The summed E-state index contributed by atoms with van der Waals surface area (Å²) in [4.78, 5) is 41.4. The van der Waals surface area contributed by atoms with Crippen LogP contribution >= 0.6 is 0 Å². The Morgan fingerprint density at radius 1 is 0.967 bits per heavy atom. The van der Waals surface area contributed by atoms with Crippen LogP contribution in [-0.2, 0) is 9.59 Å². The quantitative estimate of drug-likeness (QED) is 0.767. The highest BCUT2D eigenvalue weighted by atomic mass is 16.2. The molecular weight excluding hydrogens is 382 g/mol. The predicted molar refractivity (Wildman–Crippen MR) is 114 cm³/mol. The van der Waals surface area contributed by atoms with Gasteiger partial charge in [-0.3, -0.25) is 9.59 Å². The van der Waals surface area contributed by atoms with Crippen molar-refractivity contribution in [2.75, 3.05) is 41.3 Å². The molecule has 9 nitrogen and oxygen atoms in total. The van der Waals surface area contributed by atoms with Gasteiger partial charge in [0.2, 0.25) is 17.8 Å². The molecule has 1 atom stereocenters. The molecule has 2 saturated heterocycles. The minimum atomic E-state index is -0.256. The van der Waals surface area contributed by atoms with E-state index in [1.165, 1.54) is 0 Å². The Kier molecular flexibility index (Phi) is 6.06. The Bertz CT molecular complexity index is 867. The van der Waals surface area contributed by atoms with Crippen molar-refractivity contribution in [3.05, 3.63) is 36.8 Å². The number of rotatable bonds is 5. The molecule has 2 aromatic rings. The summed E-state index contributed by atoms with van der Waals surface area (Å²) < 4.78 is 0. The number of hydrogen-bond donors (Lipinski definition) is 2. The molecule has 0 aromatic carbocycles. The minimum absolute atomic E-state index is 0.0185. The number of nitrogens with zero attached hydrogens (tertiary/aromatic N) is 5. The highest BCUT2D eigenvalue weighted by molar-refractivity contribution is 5.92. The first-order valence-corrected chi connectivity index (χ1v) is 10.4. The smallest absolute Gasteiger partial charge is 0.227 e. The van der Waals surface area contributed by atoms with Crippen LogP contribution in [0.4, 0.5) is 17.5 Å². The maximum absolute atomic E-state index is 12.7. The molecule has 158 valence electrons. The number of pyridine rings is 1. The van der Waals surface area contributed by atoms with Crippen molar-refractivity contribution >= 4 is 29.3 Å². The van der Waals surface area contributed by atoms with Crippen molar-refractivity contribution in [1.82, 2.24) is 15.0 Å². The molecule has 0 saturated carbocycles. The Morgan fingerprint density at radius 2 is 1.73 bits per heavy atom. The van der Waals surface area contributed by atoms with Crippen LogP contribution in [0.3, 0.4) is 0 Å². The van der Waals surface area contributed by atoms with E-state index in [9.17, 15) is 9.59 Å². The SMILES string of the molecule is NC(=O)C1CCCN(c2ccc(NC(=O)C3CCN(c4ncccn4)CC3)cn2)C1. The van der Waals surface area contributed by atoms with Gasteiger partial charge in [-0.2, -0.15) is 0 Å². The Balaban J connectivity index is 1.29. The van der Waals surface area contributed by atoms with Gasteiger partial charge in [0.15, 0.2) is 0 Å². The molecule has 1 unspecified atom stereocenters. The summed E-state index contributed by atoms with van der Waals surface area (Å²) in [6.45, 7) is 2.97. The van der Waals surface area contributed by atoms with Crippen LogP contribution in [0, 0.1) is 11.8 Å². The van der Waals surface area contributed by atoms with Gasteiger partial charge in [-0.15, -0.1) is 0 Å². The summed E-state index contributed by atoms with van der Waals surface area (Å²) in [7, 11) is 0. The largest absolute Gasteiger partial charge is 0.369 e. The molecule has 0 radical (unpaired) electrons. The number of nitrogens with one attached hydrogen (secondary N) is 1. The van der Waals surface area contributed by atoms with Crippen LogP contribution in [0.1, 0.15) is 25.7 Å². The van der Waals surface area contributed by atoms with E-state index in [4.69, 9.17) is 5.73 Å². The maximum atomic E-state index is 12.7. The third kappa shape index (κ3) is 4.67. The van der Waals surface area contributed by atoms with Gasteiger partial charge in [0.05, 0.1) is 17.8 Å². The molecule has 2 aromatic heterocycles. The van der Waals surface area contributed by atoms with Crippen molar-refractivity contribution in [3.63, 3.8) is 0 Å². The second kappa shape index (κ2) is 9.06. The first-order chi connectivity index (χ1) is 14.6. The number of carbonyl (C=O) groups is 2. The second-order valence-corrected chi connectivity index (χ2v) is 7.89. The van der Waals surface area contributed by atoms with Crippen LogP contribution in [0.25, 0.3) is 0 Å². The molecular formula is C21H27N7O2. The molecule has 4 heterocycles. The monoisotopic (exact) mass is 409 g/mol. The van der Waals surface area contributed by atoms with Gasteiger partial charge in [0.25, 0.3) is 0 Å². The number of anilines is 3. The van der Waals surface area contributed by atoms with Gasteiger partial charge < -0.3 is 20.9 Å². The average Bonchev–Trinajstić information content (AvgIpc) is 2.80. The highest BCUT2D eigenvalue weighted by Gasteiger charge is 2.27. The lowest BCUT2D eigenvalue weighted by Crippen LogP contribution is -2.41. The van der Waals surface area contributed by atoms with E-state index in [1.54, 1.807) is 24.7 Å². The van der Waals surface area contributed by atoms with Crippen molar-refractivity contribution in [3.8, 4) is 0 Å². The van der Waals surface area contributed by atoms with Gasteiger partial charge in [-0.05, 0) is 43.9 Å². The fourth-order valence-electron chi connectivity index (χ4n) is 4.11. The van der Waals surface area contributed by atoms with E-state index in [2.05, 4.69) is 30.1 Å². The highest BCUT2D eigenvalue weighted by Crippen LogP contribution is 2.24. The molecule has 4 rings (SSSR count). The molecule has 2 aliphatic rings. The fourth-order valence-corrected chi connectivity index (χ4v) is 4.11. The van der Waals surface area contributed by atoms with Gasteiger partial charge in [-0.1, -0.05) is 0 Å². The van der Waals surface area contributed by atoms with E-state index >= 15 is 0 Å². The van der Waals surface area contributed by atoms with Gasteiger partial charge in [0.1, 0.15) is 5.82 Å². The molecule has 9 heteroatoms. The molecule has 0 bridgehead atoms. The van der Waals surface area contributed by atoms with Crippen molar-refractivity contribution < 1.29 is 9.59 Å². The van der Waals surface area contributed by atoms with Crippen molar-refractivity contribution in [2.24, 2.45) is 17.6 Å². The van der Waals surface area contributed by atoms with Crippen LogP contribution < -0.4 is 20.9 Å². The summed E-state index contributed by atoms with van der Waals surface area (Å²) >= 11 is 0. The molecule has 2 fully saturated rings. The van der Waals surface area contributed by atoms with E-state index in [-0.39, 0.29) is 23.7 Å². The van der Waals surface area contributed by atoms with E-state index in [1.807, 2.05) is 12.1 Å². The summed E-state index contributed by atoms with van der Waals surface area (Å²) in [5.41, 5.74) is 6.14. The molecule has 0 spiro atoms. The number of carbonyl (C=O) groups excluding carboxylic acids is 2. The number of nitrogens with two attached hydrogens (primary N) is 1. The van der Waals surface area contributed by atoms with E-state index < -0.39 is 0 Å². The molecule has 2 amide bonds. The Labute approximate surface area is 175 Å². The lowest BCUT2D eigenvalue weighted by Gasteiger charge is -2.32. The first kappa shape index (κ1) is 20.1. The van der Waals surface area contributed by atoms with E-state index in [0.29, 0.717) is 18.2 Å². The predicted octanol–water partition coefficient (Wildman–Crippen LogP) is 1.43. The molecule has 3 N–H and O–H groups in total. The normalized spacial score (nSPS) is 20.1. The molecule has 30 heavy (non-hydrogen) atoms. The number of amides is 2. The summed E-state index contributed by atoms with van der Waals surface area (Å²) in [5.74, 6) is 1.11. The standard InChI is InChI=1S/C21H27N7O2/c22-19(29)16-3-1-10-28(14-16)18-5-4-17(13-25-18)26-20(30)15-6-11-27(12-7-15)21-23-8-2-9-24-21/h2,4-5,8-9,13,15-16H,1,3,6-7,10-12,14H2,(H2,22,29)(H,26,30). The topological polar surface area (TPSA) is 117 Å². The average molecular weight is 409 g/mol. The zero-order valence-electron chi connectivity index (χ0n) is 16.9. The van der Waals surface area contributed by atoms with Crippen LogP contribution in [0.15, 0.2) is 36.8 Å². The third-order valence-electron chi connectivity index (χ3n) is 5.86. The maximum Gasteiger partial charge on any atom is 0.227 e. The number of hydrogen-bond acceptors (Lipinski definition) is 7. The number of primary amides is 1. The van der Waals surface area contributed by atoms with Gasteiger partial charge in [0, 0.05) is 44.5 Å². The summed E-state index contributed by atoms with van der Waals surface area (Å²) in [6, 6.07) is 5.54. The first-order valence-electron chi connectivity index (χ1n) is 10.4. The van der Waals surface area contributed by atoms with Crippen LogP contribution in [0.5, 0.6) is 0 Å².